The highest BCUT2D eigenvalue weighted by atomic mass is 32.2. The molecule has 1 aliphatic rings. The van der Waals surface area contributed by atoms with Crippen molar-refractivity contribution in [1.29, 1.82) is 0 Å². The summed E-state index contributed by atoms with van der Waals surface area (Å²) in [6.07, 6.45) is 1.61. The second-order valence-electron chi connectivity index (χ2n) is 8.75. The van der Waals surface area contributed by atoms with Crippen LogP contribution in [0.15, 0.2) is 65.6 Å². The zero-order valence-electron chi connectivity index (χ0n) is 21.2. The Labute approximate surface area is 220 Å². The summed E-state index contributed by atoms with van der Waals surface area (Å²) in [4.78, 5) is 39.2. The number of hydrogen-bond donors (Lipinski definition) is 1. The molecule has 0 aliphatic carbocycles. The Bertz CT molecular complexity index is 1380. The molecule has 0 radical (unpaired) electrons. The monoisotopic (exact) mass is 516 g/mol. The lowest BCUT2D eigenvalue weighted by Gasteiger charge is -2.14. The Hall–Kier alpha value is -4.04. The van der Waals surface area contributed by atoms with Gasteiger partial charge in [0.1, 0.15) is 13.2 Å². The van der Waals surface area contributed by atoms with Gasteiger partial charge in [-0.25, -0.2) is 0 Å². The van der Waals surface area contributed by atoms with E-state index in [2.05, 4.69) is 5.32 Å². The zero-order chi connectivity index (χ0) is 26.5. The molecular weight excluding hydrogens is 488 g/mol. The predicted molar refractivity (Wildman–Crippen MR) is 146 cm³/mol. The van der Waals surface area contributed by atoms with Crippen LogP contribution < -0.4 is 14.8 Å². The molecule has 8 heteroatoms. The number of thioether (sulfide) groups is 1. The van der Waals surface area contributed by atoms with E-state index in [-0.39, 0.29) is 11.4 Å². The first-order valence-corrected chi connectivity index (χ1v) is 12.5. The van der Waals surface area contributed by atoms with Gasteiger partial charge in [-0.2, -0.15) is 0 Å². The van der Waals surface area contributed by atoms with Crippen LogP contribution in [-0.2, 0) is 16.2 Å². The maximum absolute atomic E-state index is 12.9. The lowest BCUT2D eigenvalue weighted by atomic mass is 10.1. The van der Waals surface area contributed by atoms with Crippen LogP contribution in [0.4, 0.5) is 10.5 Å². The standard InChI is InChI=1S/C29H28N2O5S/c1-18-8-10-21(11-9-18)17-36-24-13-12-22(14-25(24)35-4)15-26-28(33)31(29(34)37-26)16-27(32)30-23-7-5-6-19(2)20(23)3/h5-15H,16-17H2,1-4H3,(H,30,32)/b26-15+. The van der Waals surface area contributed by atoms with Gasteiger partial charge >= 0.3 is 0 Å². The fraction of sp³-hybridized carbons (Fsp3) is 0.207. The number of ether oxygens (including phenoxy) is 2. The van der Waals surface area contributed by atoms with Gasteiger partial charge in [0.15, 0.2) is 11.5 Å². The van der Waals surface area contributed by atoms with E-state index in [4.69, 9.17) is 9.47 Å². The first-order valence-electron chi connectivity index (χ1n) is 11.7. The Morgan fingerprint density at radius 2 is 1.76 bits per heavy atom. The number of rotatable bonds is 8. The average Bonchev–Trinajstić information content (AvgIpc) is 3.14. The van der Waals surface area contributed by atoms with Crippen molar-refractivity contribution in [3.8, 4) is 11.5 Å². The van der Waals surface area contributed by atoms with Crippen molar-refractivity contribution < 1.29 is 23.9 Å². The van der Waals surface area contributed by atoms with Crippen LogP contribution in [0.2, 0.25) is 0 Å². The van der Waals surface area contributed by atoms with Crippen LogP contribution in [0.1, 0.15) is 27.8 Å². The maximum atomic E-state index is 12.9. The summed E-state index contributed by atoms with van der Waals surface area (Å²) >= 11 is 0.803. The van der Waals surface area contributed by atoms with Crippen LogP contribution in [0.3, 0.4) is 0 Å². The highest BCUT2D eigenvalue weighted by Crippen LogP contribution is 2.35. The molecule has 190 valence electrons. The van der Waals surface area contributed by atoms with E-state index in [1.807, 2.05) is 57.2 Å². The topological polar surface area (TPSA) is 84.9 Å². The number of methoxy groups -OCH3 is 1. The number of carbonyl (C=O) groups excluding carboxylic acids is 3. The van der Waals surface area contributed by atoms with E-state index < -0.39 is 17.1 Å². The number of carbonyl (C=O) groups is 3. The molecule has 1 heterocycles. The molecule has 4 rings (SSSR count). The summed E-state index contributed by atoms with van der Waals surface area (Å²) in [7, 11) is 1.54. The Morgan fingerprint density at radius 3 is 2.49 bits per heavy atom. The largest absolute Gasteiger partial charge is 0.493 e. The van der Waals surface area contributed by atoms with Crippen LogP contribution in [0, 0.1) is 20.8 Å². The summed E-state index contributed by atoms with van der Waals surface area (Å²) in [6.45, 7) is 5.91. The van der Waals surface area contributed by atoms with Crippen molar-refractivity contribution in [3.63, 3.8) is 0 Å². The molecule has 0 aromatic heterocycles. The van der Waals surface area contributed by atoms with Crippen LogP contribution >= 0.6 is 11.8 Å². The van der Waals surface area contributed by atoms with Gasteiger partial charge < -0.3 is 14.8 Å². The number of anilines is 1. The van der Waals surface area contributed by atoms with Crippen molar-refractivity contribution >= 4 is 40.6 Å². The van der Waals surface area contributed by atoms with Crippen LogP contribution in [0.5, 0.6) is 11.5 Å². The lowest BCUT2D eigenvalue weighted by Crippen LogP contribution is -2.36. The second-order valence-corrected chi connectivity index (χ2v) is 9.74. The number of nitrogens with zero attached hydrogens (tertiary/aromatic N) is 1. The number of imide groups is 1. The molecule has 3 aromatic rings. The van der Waals surface area contributed by atoms with Crippen molar-refractivity contribution in [1.82, 2.24) is 4.90 Å². The Balaban J connectivity index is 1.43. The van der Waals surface area contributed by atoms with E-state index >= 15 is 0 Å². The molecule has 1 fully saturated rings. The third-order valence-electron chi connectivity index (χ3n) is 6.05. The maximum Gasteiger partial charge on any atom is 0.294 e. The predicted octanol–water partition coefficient (Wildman–Crippen LogP) is 5.87. The molecule has 3 amide bonds. The first-order chi connectivity index (χ1) is 17.7. The van der Waals surface area contributed by atoms with Gasteiger partial charge in [0.2, 0.25) is 5.91 Å². The number of benzene rings is 3. The molecule has 3 aromatic carbocycles. The highest BCUT2D eigenvalue weighted by molar-refractivity contribution is 8.18. The lowest BCUT2D eigenvalue weighted by molar-refractivity contribution is -0.127. The van der Waals surface area contributed by atoms with Gasteiger partial charge in [-0.15, -0.1) is 0 Å². The smallest absolute Gasteiger partial charge is 0.294 e. The van der Waals surface area contributed by atoms with Crippen LogP contribution in [0.25, 0.3) is 6.08 Å². The van der Waals surface area contributed by atoms with Gasteiger partial charge in [0.05, 0.1) is 12.0 Å². The summed E-state index contributed by atoms with van der Waals surface area (Å²) in [6, 6.07) is 18.9. The third-order valence-corrected chi connectivity index (χ3v) is 6.96. The number of amides is 3. The molecule has 0 saturated carbocycles. The van der Waals surface area contributed by atoms with E-state index in [1.165, 1.54) is 5.56 Å². The van der Waals surface area contributed by atoms with Gasteiger partial charge in [-0.3, -0.25) is 19.3 Å². The zero-order valence-corrected chi connectivity index (χ0v) is 22.0. The SMILES string of the molecule is COc1cc(/C=C2/SC(=O)N(CC(=O)Nc3cccc(C)c3C)C2=O)ccc1OCc1ccc(C)cc1. The summed E-state index contributed by atoms with van der Waals surface area (Å²) < 4.78 is 11.4. The van der Waals surface area contributed by atoms with E-state index in [0.717, 1.165) is 33.4 Å². The van der Waals surface area contributed by atoms with Crippen molar-refractivity contribution in [3.05, 3.63) is 93.4 Å². The van der Waals surface area contributed by atoms with E-state index in [9.17, 15) is 14.4 Å². The molecule has 37 heavy (non-hydrogen) atoms. The Kier molecular flexibility index (Phi) is 7.98. The fourth-order valence-electron chi connectivity index (χ4n) is 3.75. The summed E-state index contributed by atoms with van der Waals surface area (Å²) in [5.41, 5.74) is 5.51. The molecule has 1 aliphatic heterocycles. The highest BCUT2D eigenvalue weighted by Gasteiger charge is 2.36. The fourth-order valence-corrected chi connectivity index (χ4v) is 4.58. The Morgan fingerprint density at radius 1 is 1.00 bits per heavy atom. The second kappa shape index (κ2) is 11.3. The minimum absolute atomic E-state index is 0.236. The quantitative estimate of drug-likeness (QED) is 0.377. The minimum atomic E-state index is -0.509. The van der Waals surface area contributed by atoms with Crippen molar-refractivity contribution in [2.45, 2.75) is 27.4 Å². The van der Waals surface area contributed by atoms with Gasteiger partial charge in [0.25, 0.3) is 11.1 Å². The number of hydrogen-bond acceptors (Lipinski definition) is 6. The number of nitrogens with one attached hydrogen (secondary N) is 1. The van der Waals surface area contributed by atoms with Gasteiger partial charge in [-0.05, 0) is 79.1 Å². The van der Waals surface area contributed by atoms with E-state index in [0.29, 0.717) is 29.4 Å². The molecule has 0 unspecified atom stereocenters. The molecule has 0 bridgehead atoms. The molecule has 0 spiro atoms. The molecule has 0 atom stereocenters. The van der Waals surface area contributed by atoms with Crippen LogP contribution in [-0.4, -0.2) is 35.6 Å². The normalized spacial score (nSPS) is 14.3. The van der Waals surface area contributed by atoms with Gasteiger partial charge in [0, 0.05) is 5.69 Å². The van der Waals surface area contributed by atoms with Crippen molar-refractivity contribution in [2.24, 2.45) is 0 Å². The third kappa shape index (κ3) is 6.21. The summed E-state index contributed by atoms with van der Waals surface area (Å²) in [5.74, 6) is 0.128. The van der Waals surface area contributed by atoms with E-state index in [1.54, 1.807) is 37.5 Å². The molecule has 1 saturated heterocycles. The summed E-state index contributed by atoms with van der Waals surface area (Å²) in [5, 5.41) is 2.30. The van der Waals surface area contributed by atoms with Crippen molar-refractivity contribution in [2.75, 3.05) is 19.0 Å². The molecular formula is C29H28N2O5S. The van der Waals surface area contributed by atoms with Gasteiger partial charge in [-0.1, -0.05) is 48.0 Å². The molecule has 1 N–H and O–H groups in total. The average molecular weight is 517 g/mol. The first kappa shape index (κ1) is 26.0. The molecule has 7 nitrogen and oxygen atoms in total. The minimum Gasteiger partial charge on any atom is -0.493 e. The number of aryl methyl sites for hydroxylation is 2.